The van der Waals surface area contributed by atoms with E-state index in [1.807, 2.05) is 32.0 Å². The van der Waals surface area contributed by atoms with E-state index < -0.39 is 12.1 Å². The third-order valence-electron chi connectivity index (χ3n) is 8.37. The molecule has 11 heteroatoms. The molecule has 3 aromatic rings. The number of aryl methyl sites for hydroxylation is 2. The Morgan fingerprint density at radius 2 is 1.89 bits per heavy atom. The van der Waals surface area contributed by atoms with Gasteiger partial charge in [0.1, 0.15) is 17.1 Å². The van der Waals surface area contributed by atoms with Crippen molar-refractivity contribution in [3.8, 4) is 5.75 Å². The van der Waals surface area contributed by atoms with Crippen LogP contribution in [0, 0.1) is 19.8 Å². The van der Waals surface area contributed by atoms with Crippen LogP contribution in [0.4, 0.5) is 16.2 Å². The molecule has 1 aromatic heterocycles. The Balaban J connectivity index is 1.60. The quantitative estimate of drug-likeness (QED) is 0.281. The van der Waals surface area contributed by atoms with E-state index >= 15 is 0 Å². The number of nitrogens with zero attached hydrogens (tertiary/aromatic N) is 3. The highest BCUT2D eigenvalue weighted by molar-refractivity contribution is 6.03. The van der Waals surface area contributed by atoms with Crippen LogP contribution < -0.4 is 15.4 Å². The molecular weight excluding hydrogens is 586 g/mol. The molecule has 0 saturated heterocycles. The number of benzene rings is 2. The first-order valence-electron chi connectivity index (χ1n) is 16.1. The molecule has 0 fully saturated rings. The summed E-state index contributed by atoms with van der Waals surface area (Å²) in [5, 5.41) is 19.7. The molecular formula is C35H49N5O6. The molecule has 2 heterocycles. The summed E-state index contributed by atoms with van der Waals surface area (Å²) in [6.45, 7) is 11.6. The van der Waals surface area contributed by atoms with Crippen molar-refractivity contribution in [3.63, 3.8) is 0 Å². The van der Waals surface area contributed by atoms with E-state index in [0.29, 0.717) is 53.8 Å². The van der Waals surface area contributed by atoms with Crippen molar-refractivity contribution in [1.82, 2.24) is 15.0 Å². The van der Waals surface area contributed by atoms with Crippen LogP contribution in [0.5, 0.6) is 5.75 Å². The zero-order chi connectivity index (χ0) is 33.2. The van der Waals surface area contributed by atoms with E-state index in [1.165, 1.54) is 5.56 Å². The highest BCUT2D eigenvalue weighted by Gasteiger charge is 2.30. The first kappa shape index (κ1) is 34.9. The molecule has 4 atom stereocenters. The summed E-state index contributed by atoms with van der Waals surface area (Å²) in [6.07, 6.45) is 2.33. The van der Waals surface area contributed by atoms with Crippen LogP contribution in [-0.4, -0.2) is 83.6 Å². The minimum Gasteiger partial charge on any atom is -0.490 e. The van der Waals surface area contributed by atoms with Gasteiger partial charge in [-0.05, 0) is 77.8 Å². The average molecular weight is 636 g/mol. The van der Waals surface area contributed by atoms with Crippen molar-refractivity contribution in [1.29, 1.82) is 0 Å². The molecule has 3 N–H and O–H groups in total. The van der Waals surface area contributed by atoms with Gasteiger partial charge in [0, 0.05) is 37.8 Å². The third-order valence-corrected chi connectivity index (χ3v) is 8.37. The van der Waals surface area contributed by atoms with Crippen molar-refractivity contribution in [2.45, 2.75) is 78.7 Å². The number of aromatic nitrogens is 1. The summed E-state index contributed by atoms with van der Waals surface area (Å²) >= 11 is 0. The molecule has 1 aliphatic rings. The van der Waals surface area contributed by atoms with Crippen molar-refractivity contribution < 1.29 is 28.7 Å². The van der Waals surface area contributed by atoms with E-state index in [9.17, 15) is 14.7 Å². The van der Waals surface area contributed by atoms with E-state index in [0.717, 1.165) is 25.8 Å². The van der Waals surface area contributed by atoms with E-state index in [4.69, 9.17) is 14.0 Å². The topological polar surface area (TPSA) is 129 Å². The SMILES string of the molecule is Cc1noc(C)c1NC(=O)Nc1ccc2c(c1)C(=O)N([C@@H](C)CO)C[C@@H](C)[C@@H](CN(C)Cc1ccccc1)OCCCC[C@@H](C)O2. The Morgan fingerprint density at radius 1 is 1.13 bits per heavy atom. The fraction of sp³-hybridized carbons (Fsp3) is 0.514. The second kappa shape index (κ2) is 16.6. The molecule has 0 spiro atoms. The molecule has 0 bridgehead atoms. The maximum Gasteiger partial charge on any atom is 0.323 e. The molecule has 11 nitrogen and oxygen atoms in total. The number of rotatable bonds is 8. The Hall–Kier alpha value is -3.93. The van der Waals surface area contributed by atoms with Crippen LogP contribution in [0.3, 0.4) is 0 Å². The summed E-state index contributed by atoms with van der Waals surface area (Å²) in [7, 11) is 2.08. The number of anilines is 2. The van der Waals surface area contributed by atoms with Gasteiger partial charge in [-0.3, -0.25) is 9.69 Å². The Morgan fingerprint density at radius 3 is 2.59 bits per heavy atom. The van der Waals surface area contributed by atoms with Gasteiger partial charge in [0.25, 0.3) is 5.91 Å². The molecule has 250 valence electrons. The van der Waals surface area contributed by atoms with Crippen LogP contribution in [0.15, 0.2) is 53.1 Å². The number of hydrogen-bond donors (Lipinski definition) is 3. The summed E-state index contributed by atoms with van der Waals surface area (Å²) in [5.41, 5.74) is 3.00. The number of aliphatic hydroxyl groups excluding tert-OH is 1. The van der Waals surface area contributed by atoms with Crippen molar-refractivity contribution >= 4 is 23.3 Å². The van der Waals surface area contributed by atoms with Crippen LogP contribution in [0.2, 0.25) is 0 Å². The van der Waals surface area contributed by atoms with E-state index in [2.05, 4.69) is 46.8 Å². The lowest BCUT2D eigenvalue weighted by Crippen LogP contribution is -2.47. The Bertz CT molecular complexity index is 1410. The fourth-order valence-electron chi connectivity index (χ4n) is 5.67. The Kier molecular flexibility index (Phi) is 12.6. The normalized spacial score (nSPS) is 20.4. The number of hydrogen-bond acceptors (Lipinski definition) is 8. The minimum absolute atomic E-state index is 0.0375. The predicted molar refractivity (Wildman–Crippen MR) is 178 cm³/mol. The summed E-state index contributed by atoms with van der Waals surface area (Å²) < 4.78 is 17.9. The van der Waals surface area contributed by atoms with Gasteiger partial charge in [-0.2, -0.15) is 0 Å². The maximum absolute atomic E-state index is 14.3. The lowest BCUT2D eigenvalue weighted by atomic mass is 10.0. The van der Waals surface area contributed by atoms with Gasteiger partial charge in [-0.15, -0.1) is 0 Å². The lowest BCUT2D eigenvalue weighted by Gasteiger charge is -2.36. The number of fused-ring (bicyclic) bond motifs is 1. The minimum atomic E-state index is -0.495. The summed E-state index contributed by atoms with van der Waals surface area (Å²) in [4.78, 5) is 31.2. The largest absolute Gasteiger partial charge is 0.490 e. The van der Waals surface area contributed by atoms with Crippen molar-refractivity contribution in [3.05, 3.63) is 71.1 Å². The fourth-order valence-corrected chi connectivity index (χ4v) is 5.67. The van der Waals surface area contributed by atoms with Gasteiger partial charge in [-0.25, -0.2) is 4.79 Å². The van der Waals surface area contributed by atoms with Crippen LogP contribution in [0.1, 0.15) is 67.4 Å². The number of aliphatic hydroxyl groups is 1. The van der Waals surface area contributed by atoms with E-state index in [-0.39, 0.29) is 30.6 Å². The van der Waals surface area contributed by atoms with Gasteiger partial charge in [0.2, 0.25) is 0 Å². The van der Waals surface area contributed by atoms with Gasteiger partial charge >= 0.3 is 6.03 Å². The molecule has 0 radical (unpaired) electrons. The second-order valence-corrected chi connectivity index (χ2v) is 12.5. The third kappa shape index (κ3) is 9.54. The maximum atomic E-state index is 14.3. The number of amides is 3. The molecule has 3 amide bonds. The standard InChI is InChI=1S/C35H49N5O6/c1-23-19-40(24(2)22-41)34(42)30-18-29(36-35(43)37-33-26(4)38-46-27(33)5)15-16-31(30)45-25(3)12-10-11-17-44-32(23)21-39(6)20-28-13-8-7-9-14-28/h7-9,13-16,18,23-25,32,41H,10-12,17,19-22H2,1-6H3,(H2,36,37,43)/t23-,24+,25-,32-/m1/s1. The van der Waals surface area contributed by atoms with E-state index in [1.54, 1.807) is 36.9 Å². The molecule has 0 saturated carbocycles. The number of carbonyl (C=O) groups is 2. The van der Waals surface area contributed by atoms with Gasteiger partial charge in [-0.1, -0.05) is 42.4 Å². The molecule has 2 aromatic carbocycles. The number of urea groups is 1. The first-order valence-corrected chi connectivity index (χ1v) is 16.1. The zero-order valence-corrected chi connectivity index (χ0v) is 27.9. The monoisotopic (exact) mass is 635 g/mol. The molecule has 46 heavy (non-hydrogen) atoms. The lowest BCUT2D eigenvalue weighted by molar-refractivity contribution is -0.0177. The van der Waals surface area contributed by atoms with Gasteiger partial charge in [0.15, 0.2) is 5.76 Å². The smallest absolute Gasteiger partial charge is 0.323 e. The summed E-state index contributed by atoms with van der Waals surface area (Å²) in [6, 6.07) is 14.4. The second-order valence-electron chi connectivity index (χ2n) is 12.5. The van der Waals surface area contributed by atoms with Crippen LogP contribution >= 0.6 is 0 Å². The molecule has 0 unspecified atom stereocenters. The highest BCUT2D eigenvalue weighted by atomic mass is 16.5. The number of carbonyl (C=O) groups excluding carboxylic acids is 2. The number of nitrogens with one attached hydrogen (secondary N) is 2. The molecule has 4 rings (SSSR count). The number of ether oxygens (including phenoxy) is 2. The predicted octanol–water partition coefficient (Wildman–Crippen LogP) is 5.86. The highest BCUT2D eigenvalue weighted by Crippen LogP contribution is 2.29. The first-order chi connectivity index (χ1) is 22.0. The molecule has 0 aliphatic carbocycles. The van der Waals surface area contributed by atoms with Crippen molar-refractivity contribution in [2.24, 2.45) is 5.92 Å². The van der Waals surface area contributed by atoms with Crippen molar-refractivity contribution in [2.75, 3.05) is 44.0 Å². The van der Waals surface area contributed by atoms with Crippen LogP contribution in [-0.2, 0) is 11.3 Å². The van der Waals surface area contributed by atoms with Gasteiger partial charge < -0.3 is 34.6 Å². The average Bonchev–Trinajstić information content (AvgIpc) is 3.34. The Labute approximate surface area is 272 Å². The molecule has 1 aliphatic heterocycles. The van der Waals surface area contributed by atoms with Gasteiger partial charge in [0.05, 0.1) is 30.4 Å². The number of likely N-dealkylation sites (N-methyl/N-ethyl adjacent to an activating group) is 1. The zero-order valence-electron chi connectivity index (χ0n) is 27.9. The van der Waals surface area contributed by atoms with Crippen LogP contribution in [0.25, 0.3) is 0 Å². The summed E-state index contributed by atoms with van der Waals surface area (Å²) in [5.74, 6) is 0.596.